The Morgan fingerprint density at radius 2 is 2.14 bits per heavy atom. The first kappa shape index (κ1) is 11.7. The number of halogens is 2. The van der Waals surface area contributed by atoms with E-state index >= 15 is 0 Å². The van der Waals surface area contributed by atoms with Crippen molar-refractivity contribution in [3.63, 3.8) is 0 Å². The molecule has 0 unspecified atom stereocenters. The third-order valence-corrected chi connectivity index (χ3v) is 3.14. The van der Waals surface area contributed by atoms with Gasteiger partial charge in [0.15, 0.2) is 0 Å². The Kier molecular flexibility index (Phi) is 4.13. The van der Waals surface area contributed by atoms with Gasteiger partial charge in [-0.05, 0) is 46.1 Å². The van der Waals surface area contributed by atoms with Crippen LogP contribution >= 0.6 is 31.9 Å². The number of benzene rings is 1. The van der Waals surface area contributed by atoms with Crippen LogP contribution in [0.15, 0.2) is 16.6 Å². The average Bonchev–Trinajstić information content (AvgIpc) is 2.10. The summed E-state index contributed by atoms with van der Waals surface area (Å²) in [6.45, 7) is 3.52. The molecule has 0 aliphatic heterocycles. The monoisotopic (exact) mass is 319 g/mol. The number of alkyl halides is 1. The summed E-state index contributed by atoms with van der Waals surface area (Å²) in [5.41, 5.74) is 3.19. The first-order valence-corrected chi connectivity index (χ1v) is 6.08. The number of amides is 1. The van der Waals surface area contributed by atoms with E-state index in [1.165, 1.54) is 12.5 Å². The summed E-state index contributed by atoms with van der Waals surface area (Å²) >= 11 is 6.82. The molecule has 0 fully saturated rings. The van der Waals surface area contributed by atoms with Gasteiger partial charge in [-0.25, -0.2) is 0 Å². The summed E-state index contributed by atoms with van der Waals surface area (Å²) < 4.78 is 0.910. The van der Waals surface area contributed by atoms with E-state index in [9.17, 15) is 4.79 Å². The summed E-state index contributed by atoms with van der Waals surface area (Å²) in [6.07, 6.45) is 0. The lowest BCUT2D eigenvalue weighted by Crippen LogP contribution is -2.06. The Hall–Kier alpha value is -0.350. The molecule has 0 saturated heterocycles. The van der Waals surface area contributed by atoms with E-state index in [0.29, 0.717) is 0 Å². The predicted molar refractivity (Wildman–Crippen MR) is 65.8 cm³/mol. The van der Waals surface area contributed by atoms with Crippen LogP contribution in [0, 0.1) is 6.92 Å². The predicted octanol–water partition coefficient (Wildman–Crippen LogP) is 3.61. The fourth-order valence-electron chi connectivity index (χ4n) is 1.15. The van der Waals surface area contributed by atoms with Crippen LogP contribution in [-0.4, -0.2) is 5.91 Å². The Morgan fingerprint density at radius 3 is 2.64 bits per heavy atom. The lowest BCUT2D eigenvalue weighted by Gasteiger charge is -2.09. The molecule has 1 N–H and O–H groups in total. The normalized spacial score (nSPS) is 10.0. The van der Waals surface area contributed by atoms with Gasteiger partial charge in [0.1, 0.15) is 0 Å². The maximum Gasteiger partial charge on any atom is 0.221 e. The van der Waals surface area contributed by atoms with Gasteiger partial charge in [-0.15, -0.1) is 0 Å². The minimum Gasteiger partial charge on any atom is -0.325 e. The second-order valence-corrected chi connectivity index (χ2v) is 4.49. The second-order valence-electron chi connectivity index (χ2n) is 3.07. The van der Waals surface area contributed by atoms with Crippen LogP contribution in [0.25, 0.3) is 0 Å². The molecule has 2 nitrogen and oxygen atoms in total. The second kappa shape index (κ2) is 4.94. The van der Waals surface area contributed by atoms with Crippen molar-refractivity contribution in [2.24, 2.45) is 0 Å². The zero-order valence-electron chi connectivity index (χ0n) is 8.03. The number of hydrogen-bond donors (Lipinski definition) is 1. The van der Waals surface area contributed by atoms with Crippen molar-refractivity contribution < 1.29 is 4.79 Å². The van der Waals surface area contributed by atoms with Crippen molar-refractivity contribution >= 4 is 43.5 Å². The van der Waals surface area contributed by atoms with Crippen molar-refractivity contribution in [1.82, 2.24) is 0 Å². The number of rotatable bonds is 2. The molecule has 0 aliphatic carbocycles. The molecule has 1 rings (SSSR count). The fourth-order valence-corrected chi connectivity index (χ4v) is 2.25. The molecular weight excluding hydrogens is 310 g/mol. The van der Waals surface area contributed by atoms with Gasteiger partial charge in [0.25, 0.3) is 0 Å². The molecule has 0 saturated carbocycles. The highest BCUT2D eigenvalue weighted by atomic mass is 79.9. The third kappa shape index (κ3) is 2.82. The molecule has 76 valence electrons. The van der Waals surface area contributed by atoms with Crippen LogP contribution in [0.1, 0.15) is 18.1 Å². The fraction of sp³-hybridized carbons (Fsp3) is 0.300. The SMILES string of the molecule is CC(=O)Nc1cc(C)c(CBr)cc1Br. The molecule has 0 heterocycles. The first-order chi connectivity index (χ1) is 6.54. The highest BCUT2D eigenvalue weighted by Crippen LogP contribution is 2.27. The third-order valence-electron chi connectivity index (χ3n) is 1.88. The smallest absolute Gasteiger partial charge is 0.221 e. The molecule has 1 amide bonds. The molecule has 0 aliphatic rings. The highest BCUT2D eigenvalue weighted by molar-refractivity contribution is 9.10. The van der Waals surface area contributed by atoms with Crippen molar-refractivity contribution in [2.75, 3.05) is 5.32 Å². The Morgan fingerprint density at radius 1 is 1.50 bits per heavy atom. The van der Waals surface area contributed by atoms with Gasteiger partial charge in [0, 0.05) is 16.7 Å². The zero-order valence-corrected chi connectivity index (χ0v) is 11.2. The van der Waals surface area contributed by atoms with Gasteiger partial charge in [-0.2, -0.15) is 0 Å². The van der Waals surface area contributed by atoms with E-state index < -0.39 is 0 Å². The molecule has 0 bridgehead atoms. The van der Waals surface area contributed by atoms with Crippen molar-refractivity contribution in [2.45, 2.75) is 19.2 Å². The molecular formula is C10H11Br2NO. The minimum absolute atomic E-state index is 0.0586. The maximum atomic E-state index is 10.9. The van der Waals surface area contributed by atoms with Crippen LogP contribution in [-0.2, 0) is 10.1 Å². The van der Waals surface area contributed by atoms with Gasteiger partial charge in [-0.3, -0.25) is 4.79 Å². The van der Waals surface area contributed by atoms with E-state index in [-0.39, 0.29) is 5.91 Å². The molecule has 14 heavy (non-hydrogen) atoms. The van der Waals surface area contributed by atoms with E-state index in [2.05, 4.69) is 37.2 Å². The summed E-state index contributed by atoms with van der Waals surface area (Å²) in [4.78, 5) is 10.9. The molecule has 1 aromatic rings. The summed E-state index contributed by atoms with van der Waals surface area (Å²) in [5, 5.41) is 3.58. The summed E-state index contributed by atoms with van der Waals surface area (Å²) in [7, 11) is 0. The molecule has 0 spiro atoms. The van der Waals surface area contributed by atoms with E-state index in [1.54, 1.807) is 0 Å². The average molecular weight is 321 g/mol. The molecule has 0 aromatic heterocycles. The molecule has 4 heteroatoms. The van der Waals surface area contributed by atoms with Gasteiger partial charge >= 0.3 is 0 Å². The largest absolute Gasteiger partial charge is 0.325 e. The highest BCUT2D eigenvalue weighted by Gasteiger charge is 2.05. The number of aryl methyl sites for hydroxylation is 1. The standard InChI is InChI=1S/C10H11Br2NO/c1-6-3-10(13-7(2)14)9(12)4-8(6)5-11/h3-4H,5H2,1-2H3,(H,13,14). The number of hydrogen-bond acceptors (Lipinski definition) is 1. The topological polar surface area (TPSA) is 29.1 Å². The van der Waals surface area contributed by atoms with E-state index in [4.69, 9.17) is 0 Å². The van der Waals surface area contributed by atoms with Gasteiger partial charge < -0.3 is 5.32 Å². The van der Waals surface area contributed by atoms with Crippen LogP contribution in [0.4, 0.5) is 5.69 Å². The minimum atomic E-state index is -0.0586. The van der Waals surface area contributed by atoms with Gasteiger partial charge in [0.2, 0.25) is 5.91 Å². The molecule has 0 radical (unpaired) electrons. The first-order valence-electron chi connectivity index (χ1n) is 4.17. The van der Waals surface area contributed by atoms with Crippen LogP contribution in [0.5, 0.6) is 0 Å². The quantitative estimate of drug-likeness (QED) is 0.829. The number of carbonyl (C=O) groups excluding carboxylic acids is 1. The molecule has 0 atom stereocenters. The van der Waals surface area contributed by atoms with Crippen LogP contribution < -0.4 is 5.32 Å². The Bertz CT molecular complexity index is 363. The number of carbonyl (C=O) groups is 1. The van der Waals surface area contributed by atoms with Gasteiger partial charge in [-0.1, -0.05) is 15.9 Å². The van der Waals surface area contributed by atoms with E-state index in [1.807, 2.05) is 19.1 Å². The maximum absolute atomic E-state index is 10.9. The summed E-state index contributed by atoms with van der Waals surface area (Å²) in [5.74, 6) is -0.0586. The van der Waals surface area contributed by atoms with Crippen molar-refractivity contribution in [3.8, 4) is 0 Å². The number of anilines is 1. The van der Waals surface area contributed by atoms with Crippen molar-refractivity contribution in [3.05, 3.63) is 27.7 Å². The van der Waals surface area contributed by atoms with Crippen molar-refractivity contribution in [1.29, 1.82) is 0 Å². The lowest BCUT2D eigenvalue weighted by atomic mass is 10.1. The lowest BCUT2D eigenvalue weighted by molar-refractivity contribution is -0.114. The Balaban J connectivity index is 3.08. The van der Waals surface area contributed by atoms with Crippen LogP contribution in [0.3, 0.4) is 0 Å². The van der Waals surface area contributed by atoms with Gasteiger partial charge in [0.05, 0.1) is 5.69 Å². The van der Waals surface area contributed by atoms with Crippen LogP contribution in [0.2, 0.25) is 0 Å². The summed E-state index contributed by atoms with van der Waals surface area (Å²) in [6, 6.07) is 3.97. The number of nitrogens with one attached hydrogen (secondary N) is 1. The van der Waals surface area contributed by atoms with E-state index in [0.717, 1.165) is 21.1 Å². The molecule has 1 aromatic carbocycles. The Labute approximate surface area is 100 Å². The zero-order chi connectivity index (χ0) is 10.7.